The van der Waals surface area contributed by atoms with Crippen molar-refractivity contribution in [1.82, 2.24) is 24.5 Å². The first-order chi connectivity index (χ1) is 19.1. The molecule has 0 spiro atoms. The molecule has 214 valence electrons. The average molecular weight is 581 g/mol. The molecule has 3 aliphatic heterocycles. The van der Waals surface area contributed by atoms with Crippen molar-refractivity contribution in [2.24, 2.45) is 0 Å². The Morgan fingerprint density at radius 2 is 1.88 bits per heavy atom. The van der Waals surface area contributed by atoms with Crippen molar-refractivity contribution < 1.29 is 22.7 Å². The van der Waals surface area contributed by atoms with Gasteiger partial charge in [-0.25, -0.2) is 0 Å². The highest BCUT2D eigenvalue weighted by atomic mass is 35.5. The van der Waals surface area contributed by atoms with Crippen LogP contribution in [0.15, 0.2) is 23.0 Å². The second kappa shape index (κ2) is 10.2. The van der Waals surface area contributed by atoms with Crippen molar-refractivity contribution in [3.63, 3.8) is 0 Å². The number of amides is 1. The van der Waals surface area contributed by atoms with Gasteiger partial charge < -0.3 is 25.2 Å². The number of hydrogen-bond donors (Lipinski definition) is 2. The lowest BCUT2D eigenvalue weighted by Crippen LogP contribution is -2.46. The van der Waals surface area contributed by atoms with Gasteiger partial charge in [-0.3, -0.25) is 14.2 Å². The number of carbonyl (C=O) groups is 1. The second-order valence-electron chi connectivity index (χ2n) is 10.2. The van der Waals surface area contributed by atoms with Crippen LogP contribution in [0, 0.1) is 0 Å². The molecule has 0 bridgehead atoms. The van der Waals surface area contributed by atoms with E-state index in [1.165, 1.54) is 4.52 Å². The molecule has 6 rings (SSSR count). The van der Waals surface area contributed by atoms with E-state index in [4.69, 9.17) is 21.3 Å². The summed E-state index contributed by atoms with van der Waals surface area (Å²) >= 11 is 6.13. The molecule has 2 aromatic heterocycles. The number of nitrogens with one attached hydrogen (secondary N) is 2. The minimum Gasteiger partial charge on any atom is -0.378 e. The SMILES string of the molecule is C[C@H]1C[C@@H](C(=O)Nc2ccc(C(F)(F)F)cc2Cl)n2c1c(N1CCNCC1)c(=O)n1nc(N3CCOCC3)nc21. The van der Waals surface area contributed by atoms with Crippen molar-refractivity contribution in [2.45, 2.75) is 31.5 Å². The predicted molar refractivity (Wildman–Crippen MR) is 143 cm³/mol. The molecule has 11 nitrogen and oxygen atoms in total. The number of carbonyl (C=O) groups excluding carboxylic acids is 1. The number of morpholine rings is 1. The number of rotatable bonds is 4. The molecular formula is C25H28ClF3N8O3. The third-order valence-corrected chi connectivity index (χ3v) is 7.94. The average Bonchev–Trinajstić information content (AvgIpc) is 3.53. The Labute approximate surface area is 231 Å². The van der Waals surface area contributed by atoms with E-state index in [-0.39, 0.29) is 28.0 Å². The van der Waals surface area contributed by atoms with E-state index in [1.807, 2.05) is 16.7 Å². The molecule has 0 saturated carbocycles. The number of halogens is 4. The number of ether oxygens (including phenoxy) is 1. The maximum atomic E-state index is 13.9. The molecule has 3 aromatic rings. The van der Waals surface area contributed by atoms with Gasteiger partial charge in [0.25, 0.3) is 5.56 Å². The Balaban J connectivity index is 1.44. The van der Waals surface area contributed by atoms with E-state index in [1.54, 1.807) is 4.57 Å². The van der Waals surface area contributed by atoms with Gasteiger partial charge in [-0.05, 0) is 24.6 Å². The number of aromatic nitrogens is 4. The highest BCUT2D eigenvalue weighted by Gasteiger charge is 2.40. The molecule has 2 saturated heterocycles. The summed E-state index contributed by atoms with van der Waals surface area (Å²) in [5.74, 6) is -0.0367. The molecule has 0 radical (unpaired) electrons. The third kappa shape index (κ3) is 4.67. The lowest BCUT2D eigenvalue weighted by atomic mass is 10.0. The molecule has 1 amide bonds. The second-order valence-corrected chi connectivity index (χ2v) is 10.6. The summed E-state index contributed by atoms with van der Waals surface area (Å²) in [7, 11) is 0. The summed E-state index contributed by atoms with van der Waals surface area (Å²) in [5, 5.41) is 10.3. The van der Waals surface area contributed by atoms with Crippen LogP contribution in [-0.2, 0) is 15.7 Å². The summed E-state index contributed by atoms with van der Waals surface area (Å²) in [5.41, 5.74) is 0.0421. The van der Waals surface area contributed by atoms with Gasteiger partial charge in [0.1, 0.15) is 11.7 Å². The molecule has 15 heteroatoms. The first-order valence-electron chi connectivity index (χ1n) is 13.1. The van der Waals surface area contributed by atoms with Crippen LogP contribution in [0.3, 0.4) is 0 Å². The van der Waals surface area contributed by atoms with Gasteiger partial charge in [0.05, 0.1) is 35.2 Å². The van der Waals surface area contributed by atoms with Crippen molar-refractivity contribution in [3.05, 3.63) is 44.8 Å². The zero-order chi connectivity index (χ0) is 28.2. The van der Waals surface area contributed by atoms with Crippen LogP contribution in [-0.4, -0.2) is 77.6 Å². The van der Waals surface area contributed by atoms with Gasteiger partial charge >= 0.3 is 6.18 Å². The highest BCUT2D eigenvalue weighted by molar-refractivity contribution is 6.33. The van der Waals surface area contributed by atoms with Crippen LogP contribution in [0.1, 0.15) is 36.6 Å². The predicted octanol–water partition coefficient (Wildman–Crippen LogP) is 2.50. The van der Waals surface area contributed by atoms with Crippen LogP contribution >= 0.6 is 11.6 Å². The van der Waals surface area contributed by atoms with Crippen LogP contribution < -0.4 is 26.0 Å². The zero-order valence-electron chi connectivity index (χ0n) is 21.7. The van der Waals surface area contributed by atoms with Crippen LogP contribution in [0.5, 0.6) is 0 Å². The normalized spacial score (nSPS) is 21.6. The van der Waals surface area contributed by atoms with Gasteiger partial charge in [-0.2, -0.15) is 22.7 Å². The number of nitrogens with zero attached hydrogens (tertiary/aromatic N) is 6. The van der Waals surface area contributed by atoms with E-state index in [0.29, 0.717) is 76.2 Å². The topological polar surface area (TPSA) is 109 Å². The van der Waals surface area contributed by atoms with E-state index in [2.05, 4.69) is 15.7 Å². The number of anilines is 3. The Morgan fingerprint density at radius 3 is 2.55 bits per heavy atom. The highest BCUT2D eigenvalue weighted by Crippen LogP contribution is 2.42. The van der Waals surface area contributed by atoms with Crippen molar-refractivity contribution in [3.8, 4) is 0 Å². The Hall–Kier alpha value is -3.36. The Bertz CT molecular complexity index is 1510. The van der Waals surface area contributed by atoms with Gasteiger partial charge in [0.15, 0.2) is 0 Å². The number of fused-ring (bicyclic) bond motifs is 3. The van der Waals surface area contributed by atoms with Crippen LogP contribution in [0.4, 0.5) is 30.5 Å². The molecule has 40 heavy (non-hydrogen) atoms. The van der Waals surface area contributed by atoms with Crippen molar-refractivity contribution in [2.75, 3.05) is 67.6 Å². The number of hydrogen-bond acceptors (Lipinski definition) is 8. The molecule has 0 unspecified atom stereocenters. The summed E-state index contributed by atoms with van der Waals surface area (Å²) in [6.45, 7) is 6.73. The lowest BCUT2D eigenvalue weighted by molar-refractivity contribution is -0.137. The number of piperazine rings is 1. The fourth-order valence-corrected chi connectivity index (χ4v) is 5.89. The third-order valence-electron chi connectivity index (χ3n) is 7.63. The van der Waals surface area contributed by atoms with Gasteiger partial charge in [-0.1, -0.05) is 18.5 Å². The van der Waals surface area contributed by atoms with Gasteiger partial charge in [-0.15, -0.1) is 5.10 Å². The van der Waals surface area contributed by atoms with Crippen molar-refractivity contribution >= 4 is 40.6 Å². The largest absolute Gasteiger partial charge is 0.416 e. The van der Waals surface area contributed by atoms with Crippen molar-refractivity contribution in [1.29, 1.82) is 0 Å². The molecule has 2 atom stereocenters. The fourth-order valence-electron chi connectivity index (χ4n) is 5.66. The summed E-state index contributed by atoms with van der Waals surface area (Å²) < 4.78 is 47.8. The summed E-state index contributed by atoms with van der Waals surface area (Å²) in [4.78, 5) is 36.2. The van der Waals surface area contributed by atoms with Crippen LogP contribution in [0.2, 0.25) is 5.02 Å². The molecule has 3 aliphatic rings. The van der Waals surface area contributed by atoms with E-state index in [9.17, 15) is 22.8 Å². The molecule has 5 heterocycles. The summed E-state index contributed by atoms with van der Waals surface area (Å²) in [6, 6.07) is 2.00. The first kappa shape index (κ1) is 26.8. The number of alkyl halides is 3. The molecule has 2 N–H and O–H groups in total. The smallest absolute Gasteiger partial charge is 0.378 e. The molecule has 1 aromatic carbocycles. The lowest BCUT2D eigenvalue weighted by Gasteiger charge is -2.31. The molecule has 2 fully saturated rings. The Morgan fingerprint density at radius 1 is 1.15 bits per heavy atom. The Kier molecular flexibility index (Phi) is 6.87. The first-order valence-corrected chi connectivity index (χ1v) is 13.5. The number of benzene rings is 1. The molecular weight excluding hydrogens is 553 g/mol. The minimum absolute atomic E-state index is 0.0654. The van der Waals surface area contributed by atoms with Gasteiger partial charge in [0, 0.05) is 45.2 Å². The molecule has 0 aliphatic carbocycles. The van der Waals surface area contributed by atoms with E-state index in [0.717, 1.165) is 18.2 Å². The quantitative estimate of drug-likeness (QED) is 0.485. The summed E-state index contributed by atoms with van der Waals surface area (Å²) in [6.07, 6.45) is -4.20. The van der Waals surface area contributed by atoms with E-state index >= 15 is 0 Å². The fraction of sp³-hybridized carbons (Fsp3) is 0.520. The van der Waals surface area contributed by atoms with Crippen LogP contribution in [0.25, 0.3) is 5.78 Å². The zero-order valence-corrected chi connectivity index (χ0v) is 22.4. The maximum absolute atomic E-state index is 13.9. The standard InChI is InChI=1S/C25H28ClF3N8O3/c1-14-12-18(21(38)31-17-3-2-15(13-16(17)26)25(27,28)29)36-19(14)20(34-6-4-30-5-7-34)22(39)37-24(36)32-23(33-37)35-8-10-40-11-9-35/h2-3,13-14,18,30H,4-12H2,1H3,(H,31,38)/t14-,18-/m0/s1. The maximum Gasteiger partial charge on any atom is 0.416 e. The monoisotopic (exact) mass is 580 g/mol. The minimum atomic E-state index is -4.56. The van der Waals surface area contributed by atoms with E-state index < -0.39 is 23.7 Å². The van der Waals surface area contributed by atoms with Gasteiger partial charge in [0.2, 0.25) is 17.6 Å².